The van der Waals surface area contributed by atoms with Crippen molar-refractivity contribution in [2.75, 3.05) is 6.54 Å². The van der Waals surface area contributed by atoms with Gasteiger partial charge in [-0.05, 0) is 49.4 Å². The van der Waals surface area contributed by atoms with Gasteiger partial charge in [0.25, 0.3) is 0 Å². The Morgan fingerprint density at radius 3 is 2.61 bits per heavy atom. The molecule has 1 amide bonds. The first-order valence-corrected chi connectivity index (χ1v) is 6.44. The third kappa shape index (κ3) is 3.81. The fourth-order valence-electron chi connectivity index (χ4n) is 2.18. The zero-order valence-corrected chi connectivity index (χ0v) is 10.4. The highest BCUT2D eigenvalue weighted by Gasteiger charge is 2.31. The summed E-state index contributed by atoms with van der Waals surface area (Å²) in [5.41, 5.74) is 6.22. The third-order valence-electron chi connectivity index (χ3n) is 3.29. The summed E-state index contributed by atoms with van der Waals surface area (Å²) in [5.74, 6) is 0.174. The monoisotopic (exact) mass is 250 g/mol. The maximum Gasteiger partial charge on any atom is 0.217 e. The van der Waals surface area contributed by atoms with E-state index in [2.05, 4.69) is 5.32 Å². The second-order valence-corrected chi connectivity index (χ2v) is 4.89. The Balaban J connectivity index is 1.88. The molecule has 1 atom stereocenters. The number of halogens is 1. The van der Waals surface area contributed by atoms with E-state index in [1.807, 2.05) is 12.1 Å². The molecule has 1 aromatic rings. The Bertz CT molecular complexity index is 401. The van der Waals surface area contributed by atoms with Gasteiger partial charge >= 0.3 is 0 Å². The molecule has 0 saturated heterocycles. The molecule has 0 spiro atoms. The number of benzene rings is 1. The number of hydrogen-bond acceptors (Lipinski definition) is 2. The fourth-order valence-corrected chi connectivity index (χ4v) is 2.18. The van der Waals surface area contributed by atoms with Crippen molar-refractivity contribution in [2.45, 2.75) is 31.7 Å². The van der Waals surface area contributed by atoms with Gasteiger partial charge in [0, 0.05) is 12.5 Å². The molecular formula is C14H19FN2O. The number of primary amides is 1. The SMILES string of the molecule is NC(=O)CCCNC(c1ccc(F)cc1)C1CC1. The standard InChI is InChI=1S/C14H19FN2O/c15-12-7-5-11(6-8-12)14(10-3-4-10)17-9-1-2-13(16)18/h5-8,10,14,17H,1-4,9H2,(H2,16,18). The van der Waals surface area contributed by atoms with E-state index in [1.165, 1.54) is 25.0 Å². The second-order valence-electron chi connectivity index (χ2n) is 4.89. The largest absolute Gasteiger partial charge is 0.370 e. The predicted molar refractivity (Wildman–Crippen MR) is 68.3 cm³/mol. The number of hydrogen-bond donors (Lipinski definition) is 2. The molecule has 0 radical (unpaired) electrons. The number of amides is 1. The van der Waals surface area contributed by atoms with Crippen molar-refractivity contribution >= 4 is 5.91 Å². The van der Waals surface area contributed by atoms with Crippen LogP contribution in [0.15, 0.2) is 24.3 Å². The van der Waals surface area contributed by atoms with E-state index in [4.69, 9.17) is 5.73 Å². The summed E-state index contributed by atoms with van der Waals surface area (Å²) in [6, 6.07) is 6.93. The number of carbonyl (C=O) groups is 1. The van der Waals surface area contributed by atoms with Crippen molar-refractivity contribution in [1.82, 2.24) is 5.32 Å². The molecule has 2 rings (SSSR count). The lowest BCUT2D eigenvalue weighted by Gasteiger charge is -2.18. The van der Waals surface area contributed by atoms with Crippen LogP contribution in [0.4, 0.5) is 4.39 Å². The van der Waals surface area contributed by atoms with Gasteiger partial charge in [0.15, 0.2) is 0 Å². The van der Waals surface area contributed by atoms with Gasteiger partial charge in [-0.25, -0.2) is 4.39 Å². The highest BCUT2D eigenvalue weighted by Crippen LogP contribution is 2.40. The minimum absolute atomic E-state index is 0.206. The Morgan fingerprint density at radius 1 is 1.39 bits per heavy atom. The first-order valence-electron chi connectivity index (χ1n) is 6.44. The van der Waals surface area contributed by atoms with Gasteiger partial charge in [-0.2, -0.15) is 0 Å². The summed E-state index contributed by atoms with van der Waals surface area (Å²) in [5, 5.41) is 3.44. The summed E-state index contributed by atoms with van der Waals surface area (Å²) in [6.45, 7) is 0.765. The van der Waals surface area contributed by atoms with E-state index < -0.39 is 0 Å². The van der Waals surface area contributed by atoms with Crippen LogP contribution in [0.25, 0.3) is 0 Å². The minimum Gasteiger partial charge on any atom is -0.370 e. The van der Waals surface area contributed by atoms with Crippen LogP contribution in [-0.4, -0.2) is 12.5 Å². The molecule has 1 aliphatic carbocycles. The Kier molecular flexibility index (Phi) is 4.31. The highest BCUT2D eigenvalue weighted by atomic mass is 19.1. The molecule has 1 unspecified atom stereocenters. The topological polar surface area (TPSA) is 55.1 Å². The van der Waals surface area contributed by atoms with Crippen molar-refractivity contribution < 1.29 is 9.18 Å². The molecule has 98 valence electrons. The van der Waals surface area contributed by atoms with E-state index in [9.17, 15) is 9.18 Å². The molecule has 1 aromatic carbocycles. The minimum atomic E-state index is -0.262. The average molecular weight is 250 g/mol. The maximum atomic E-state index is 12.9. The molecule has 0 heterocycles. The van der Waals surface area contributed by atoms with Gasteiger partial charge in [0.1, 0.15) is 5.82 Å². The van der Waals surface area contributed by atoms with Crippen LogP contribution in [0.3, 0.4) is 0 Å². The van der Waals surface area contributed by atoms with Crippen LogP contribution in [0, 0.1) is 11.7 Å². The molecule has 0 bridgehead atoms. The van der Waals surface area contributed by atoms with Gasteiger partial charge in [0.05, 0.1) is 0 Å². The molecule has 18 heavy (non-hydrogen) atoms. The Morgan fingerprint density at radius 2 is 2.06 bits per heavy atom. The molecule has 3 N–H and O–H groups in total. The average Bonchev–Trinajstić information content (AvgIpc) is 3.15. The number of rotatable bonds is 7. The molecule has 3 nitrogen and oxygen atoms in total. The molecular weight excluding hydrogens is 231 g/mol. The van der Waals surface area contributed by atoms with Gasteiger partial charge in [-0.15, -0.1) is 0 Å². The maximum absolute atomic E-state index is 12.9. The number of carbonyl (C=O) groups excluding carboxylic acids is 1. The first-order chi connectivity index (χ1) is 8.66. The highest BCUT2D eigenvalue weighted by molar-refractivity contribution is 5.73. The molecule has 1 fully saturated rings. The van der Waals surface area contributed by atoms with Crippen molar-refractivity contribution in [3.8, 4) is 0 Å². The Labute approximate surface area is 107 Å². The number of nitrogens with one attached hydrogen (secondary N) is 1. The smallest absolute Gasteiger partial charge is 0.217 e. The molecule has 0 aliphatic heterocycles. The fraction of sp³-hybridized carbons (Fsp3) is 0.500. The summed E-state index contributed by atoms with van der Waals surface area (Å²) in [6.07, 6.45) is 3.59. The van der Waals surface area contributed by atoms with Crippen LogP contribution in [-0.2, 0) is 4.79 Å². The Hall–Kier alpha value is -1.42. The third-order valence-corrected chi connectivity index (χ3v) is 3.29. The lowest BCUT2D eigenvalue weighted by molar-refractivity contribution is -0.118. The summed E-state index contributed by atoms with van der Waals surface area (Å²) < 4.78 is 12.9. The molecule has 1 saturated carbocycles. The van der Waals surface area contributed by atoms with E-state index in [0.29, 0.717) is 12.3 Å². The zero-order valence-electron chi connectivity index (χ0n) is 10.4. The first kappa shape index (κ1) is 13.0. The molecule has 1 aliphatic rings. The number of nitrogens with two attached hydrogens (primary N) is 1. The van der Waals surface area contributed by atoms with Crippen LogP contribution in [0.1, 0.15) is 37.3 Å². The van der Waals surface area contributed by atoms with Crippen LogP contribution < -0.4 is 11.1 Å². The van der Waals surface area contributed by atoms with E-state index in [1.54, 1.807) is 0 Å². The summed E-state index contributed by atoms with van der Waals surface area (Å²) in [7, 11) is 0. The van der Waals surface area contributed by atoms with Crippen molar-refractivity contribution in [3.05, 3.63) is 35.6 Å². The van der Waals surface area contributed by atoms with Crippen molar-refractivity contribution in [3.63, 3.8) is 0 Å². The summed E-state index contributed by atoms with van der Waals surface area (Å²) >= 11 is 0. The van der Waals surface area contributed by atoms with Gasteiger partial charge in [-0.3, -0.25) is 4.79 Å². The van der Waals surface area contributed by atoms with E-state index in [-0.39, 0.29) is 17.8 Å². The predicted octanol–water partition coefficient (Wildman–Crippen LogP) is 2.13. The van der Waals surface area contributed by atoms with E-state index >= 15 is 0 Å². The normalized spacial score (nSPS) is 16.5. The lowest BCUT2D eigenvalue weighted by Crippen LogP contribution is -2.25. The van der Waals surface area contributed by atoms with Crippen LogP contribution in [0.5, 0.6) is 0 Å². The van der Waals surface area contributed by atoms with Crippen molar-refractivity contribution in [2.24, 2.45) is 11.7 Å². The lowest BCUT2D eigenvalue weighted by atomic mass is 10.0. The summed E-state index contributed by atoms with van der Waals surface area (Å²) in [4.78, 5) is 10.7. The van der Waals surface area contributed by atoms with E-state index in [0.717, 1.165) is 18.5 Å². The zero-order chi connectivity index (χ0) is 13.0. The molecule has 4 heteroatoms. The quantitative estimate of drug-likeness (QED) is 0.728. The van der Waals surface area contributed by atoms with Gasteiger partial charge < -0.3 is 11.1 Å². The van der Waals surface area contributed by atoms with Crippen LogP contribution in [0.2, 0.25) is 0 Å². The van der Waals surface area contributed by atoms with Gasteiger partial charge in [-0.1, -0.05) is 12.1 Å². The van der Waals surface area contributed by atoms with Crippen molar-refractivity contribution in [1.29, 1.82) is 0 Å². The molecule has 0 aromatic heterocycles. The van der Waals surface area contributed by atoms with Crippen LogP contribution >= 0.6 is 0 Å². The second kappa shape index (κ2) is 5.96. The van der Waals surface area contributed by atoms with Gasteiger partial charge in [0.2, 0.25) is 5.91 Å².